The average molecular weight is 529 g/mol. The summed E-state index contributed by atoms with van der Waals surface area (Å²) in [5.74, 6) is -0.0577. The quantitative estimate of drug-likeness (QED) is 0.247. The van der Waals surface area contributed by atoms with Crippen LogP contribution in [-0.4, -0.2) is 11.2 Å². The number of rotatable bonds is 8. The number of hydrogen-bond acceptors (Lipinski definition) is 1. The van der Waals surface area contributed by atoms with Crippen LogP contribution in [-0.2, 0) is 0 Å². The highest BCUT2D eigenvalue weighted by molar-refractivity contribution is 7.77. The molecule has 38 heavy (non-hydrogen) atoms. The fraction of sp³-hybridized carbons (Fsp3) is 0.0857. The van der Waals surface area contributed by atoms with E-state index >= 15 is 0 Å². The predicted octanol–water partition coefficient (Wildman–Crippen LogP) is 6.90. The molecule has 0 aromatic heterocycles. The van der Waals surface area contributed by atoms with Crippen molar-refractivity contribution in [1.29, 1.82) is 0 Å². The maximum absolute atomic E-state index is 12.1. The highest BCUT2D eigenvalue weighted by Gasteiger charge is 2.35. The summed E-state index contributed by atoms with van der Waals surface area (Å²) < 4.78 is 0. The van der Waals surface area contributed by atoms with Crippen LogP contribution in [0.5, 0.6) is 0 Å². The van der Waals surface area contributed by atoms with Gasteiger partial charge in [-0.15, -0.1) is 0 Å². The van der Waals surface area contributed by atoms with E-state index in [1.54, 1.807) is 0 Å². The van der Waals surface area contributed by atoms with Crippen LogP contribution in [0.2, 0.25) is 0 Å². The molecule has 0 radical (unpaired) electrons. The molecule has 4 aromatic carbocycles. The van der Waals surface area contributed by atoms with E-state index in [0.717, 1.165) is 12.0 Å². The molecule has 0 heterocycles. The Hall–Kier alpha value is -3.34. The maximum atomic E-state index is 12.1. The van der Waals surface area contributed by atoms with Crippen LogP contribution >= 0.6 is 15.8 Å². The molecule has 0 amide bonds. The average Bonchev–Trinajstić information content (AvgIpc) is 3.66. The minimum atomic E-state index is -0.758. The minimum Gasteiger partial charge on any atom is -0.387 e. The minimum absolute atomic E-state index is 0.0577. The van der Waals surface area contributed by atoms with Crippen molar-refractivity contribution in [3.8, 4) is 0 Å². The Morgan fingerprint density at radius 1 is 0.605 bits per heavy atom. The van der Waals surface area contributed by atoms with E-state index in [1.165, 1.54) is 31.8 Å². The first-order chi connectivity index (χ1) is 18.8. The van der Waals surface area contributed by atoms with Gasteiger partial charge < -0.3 is 5.11 Å². The second-order valence-electron chi connectivity index (χ2n) is 9.47. The van der Waals surface area contributed by atoms with Crippen LogP contribution < -0.4 is 21.2 Å². The summed E-state index contributed by atoms with van der Waals surface area (Å²) in [6.45, 7) is 0. The molecular weight excluding hydrogens is 498 g/mol. The summed E-state index contributed by atoms with van der Waals surface area (Å²) >= 11 is 0. The smallest absolute Gasteiger partial charge is 0.0897 e. The lowest BCUT2D eigenvalue weighted by Gasteiger charge is -2.30. The molecule has 2 atom stereocenters. The summed E-state index contributed by atoms with van der Waals surface area (Å²) in [4.78, 5) is 0. The van der Waals surface area contributed by atoms with Gasteiger partial charge in [-0.3, -0.25) is 0 Å². The standard InChI is InChI=1S/C35H30OP2/c36-35(31-23-13-25-33(31)37(27-15-5-1-6-16-27)28-17-7-2-8-18-28)32-24-14-26-34(32)38(29-19-9-3-10-20-29)30-21-11-4-12-22-30/h1-25,31,35-36H,26H2. The van der Waals surface area contributed by atoms with Crippen molar-refractivity contribution in [3.05, 3.63) is 168 Å². The normalized spacial score (nSPS) is 17.4. The fourth-order valence-electron chi connectivity index (χ4n) is 5.39. The van der Waals surface area contributed by atoms with E-state index in [-0.39, 0.29) is 5.92 Å². The Balaban J connectivity index is 1.41. The largest absolute Gasteiger partial charge is 0.387 e. The highest BCUT2D eigenvalue weighted by atomic mass is 31.1. The van der Waals surface area contributed by atoms with Gasteiger partial charge in [0.1, 0.15) is 0 Å². The number of benzene rings is 4. The van der Waals surface area contributed by atoms with Gasteiger partial charge in [-0.2, -0.15) is 0 Å². The Labute approximate surface area is 228 Å². The molecule has 2 aliphatic rings. The van der Waals surface area contributed by atoms with Gasteiger partial charge in [0.25, 0.3) is 0 Å². The van der Waals surface area contributed by atoms with Crippen LogP contribution in [0.15, 0.2) is 168 Å². The zero-order valence-corrected chi connectivity index (χ0v) is 22.9. The van der Waals surface area contributed by atoms with Gasteiger partial charge in [0.15, 0.2) is 0 Å². The summed E-state index contributed by atoms with van der Waals surface area (Å²) in [6, 6.07) is 43.1. The number of allylic oxidation sites excluding steroid dienone is 4. The second-order valence-corrected chi connectivity index (χ2v) is 13.9. The van der Waals surface area contributed by atoms with Crippen molar-refractivity contribution in [1.82, 2.24) is 0 Å². The molecule has 2 aliphatic carbocycles. The lowest BCUT2D eigenvalue weighted by Crippen LogP contribution is -2.25. The molecular formula is C35H30OP2. The number of aliphatic hydroxyl groups excluding tert-OH is 1. The van der Waals surface area contributed by atoms with E-state index in [0.29, 0.717) is 0 Å². The molecule has 0 fully saturated rings. The van der Waals surface area contributed by atoms with Crippen molar-refractivity contribution in [2.75, 3.05) is 0 Å². The predicted molar refractivity (Wildman–Crippen MR) is 166 cm³/mol. The Morgan fingerprint density at radius 3 is 1.53 bits per heavy atom. The Morgan fingerprint density at radius 2 is 1.05 bits per heavy atom. The van der Waals surface area contributed by atoms with E-state index in [4.69, 9.17) is 0 Å². The second kappa shape index (κ2) is 11.6. The number of hydrogen-bond donors (Lipinski definition) is 1. The van der Waals surface area contributed by atoms with Gasteiger partial charge in [-0.1, -0.05) is 152 Å². The Kier molecular flexibility index (Phi) is 7.61. The van der Waals surface area contributed by atoms with Crippen molar-refractivity contribution in [2.45, 2.75) is 12.5 Å². The van der Waals surface area contributed by atoms with Gasteiger partial charge >= 0.3 is 0 Å². The third-order valence-electron chi connectivity index (χ3n) is 7.11. The van der Waals surface area contributed by atoms with E-state index in [2.05, 4.69) is 152 Å². The highest BCUT2D eigenvalue weighted by Crippen LogP contribution is 2.54. The topological polar surface area (TPSA) is 20.2 Å². The number of aliphatic hydroxyl groups is 1. The van der Waals surface area contributed by atoms with Crippen LogP contribution in [0.4, 0.5) is 0 Å². The molecule has 1 nitrogen and oxygen atoms in total. The molecule has 0 saturated heterocycles. The van der Waals surface area contributed by atoms with Crippen LogP contribution in [0, 0.1) is 5.92 Å². The zero-order valence-electron chi connectivity index (χ0n) is 21.1. The zero-order chi connectivity index (χ0) is 25.7. The third kappa shape index (κ3) is 5.03. The van der Waals surface area contributed by atoms with E-state index in [1.807, 2.05) is 0 Å². The summed E-state index contributed by atoms with van der Waals surface area (Å²) in [5, 5.41) is 20.0. The lowest BCUT2D eigenvalue weighted by molar-refractivity contribution is 0.187. The summed E-state index contributed by atoms with van der Waals surface area (Å²) in [6.07, 6.45) is 11.3. The molecule has 0 spiro atoms. The van der Waals surface area contributed by atoms with Crippen molar-refractivity contribution in [3.63, 3.8) is 0 Å². The maximum Gasteiger partial charge on any atom is 0.0897 e. The molecule has 3 heteroatoms. The van der Waals surface area contributed by atoms with Gasteiger partial charge in [0, 0.05) is 5.92 Å². The van der Waals surface area contributed by atoms with E-state index < -0.39 is 21.9 Å². The fourth-order valence-corrected chi connectivity index (χ4v) is 10.6. The first kappa shape index (κ1) is 25.0. The molecule has 4 aromatic rings. The summed E-state index contributed by atoms with van der Waals surface area (Å²) in [5.41, 5.74) is 1.09. The molecule has 1 N–H and O–H groups in total. The molecule has 2 unspecified atom stereocenters. The van der Waals surface area contributed by atoms with Crippen molar-refractivity contribution in [2.24, 2.45) is 5.92 Å². The lowest BCUT2D eigenvalue weighted by atomic mass is 9.97. The Bertz CT molecular complexity index is 1410. The third-order valence-corrected chi connectivity index (χ3v) is 12.3. The summed E-state index contributed by atoms with van der Waals surface area (Å²) in [7, 11) is -1.49. The molecule has 6 rings (SSSR count). The van der Waals surface area contributed by atoms with Crippen LogP contribution in [0.1, 0.15) is 6.42 Å². The molecule has 0 bridgehead atoms. The van der Waals surface area contributed by atoms with Crippen LogP contribution in [0.3, 0.4) is 0 Å². The van der Waals surface area contributed by atoms with Crippen molar-refractivity contribution >= 4 is 37.1 Å². The van der Waals surface area contributed by atoms with Gasteiger partial charge in [-0.05, 0) is 59.7 Å². The van der Waals surface area contributed by atoms with Crippen molar-refractivity contribution < 1.29 is 5.11 Å². The first-order valence-corrected chi connectivity index (χ1v) is 15.8. The van der Waals surface area contributed by atoms with Gasteiger partial charge in [0.2, 0.25) is 0 Å². The molecule has 0 saturated carbocycles. The molecule has 186 valence electrons. The SMILES string of the molecule is OC(C1=C(P(c2ccccc2)c2ccccc2)CC=C1)C1C=CC=C1P(c1ccccc1)c1ccccc1. The monoisotopic (exact) mass is 528 g/mol. The van der Waals surface area contributed by atoms with Gasteiger partial charge in [0.05, 0.1) is 6.10 Å². The van der Waals surface area contributed by atoms with E-state index in [9.17, 15) is 5.11 Å². The first-order valence-electron chi connectivity index (χ1n) is 13.1. The van der Waals surface area contributed by atoms with Gasteiger partial charge in [-0.25, -0.2) is 0 Å². The van der Waals surface area contributed by atoms with Crippen LogP contribution in [0.25, 0.3) is 0 Å². The molecule has 0 aliphatic heterocycles.